The van der Waals surface area contributed by atoms with Crippen LogP contribution < -0.4 is 0 Å². The van der Waals surface area contributed by atoms with Crippen molar-refractivity contribution in [3.8, 4) is 0 Å². The van der Waals surface area contributed by atoms with Crippen LogP contribution in [0.3, 0.4) is 0 Å². The first-order chi connectivity index (χ1) is 5.16. The summed E-state index contributed by atoms with van der Waals surface area (Å²) in [5, 5.41) is 0. The van der Waals surface area contributed by atoms with Crippen molar-refractivity contribution in [1.29, 1.82) is 0 Å². The van der Waals surface area contributed by atoms with E-state index in [-0.39, 0.29) is 5.97 Å². The maximum atomic E-state index is 12.2. The number of halogens is 1. The number of carbonyl (C=O) groups excluding carboxylic acids is 1. The van der Waals surface area contributed by atoms with Crippen LogP contribution in [0.1, 0.15) is 32.6 Å². The summed E-state index contributed by atoms with van der Waals surface area (Å²) >= 11 is 0. The Kier molecular flexibility index (Phi) is 5.80. The molecule has 0 heterocycles. The van der Waals surface area contributed by atoms with E-state index in [0.29, 0.717) is 12.8 Å². The molecule has 0 saturated carbocycles. The number of alkyl halides is 1. The fraction of sp³-hybridized carbons (Fsp3) is 0.875. The van der Waals surface area contributed by atoms with Crippen LogP contribution in [0, 0.1) is 0 Å². The average Bonchev–Trinajstić information content (AvgIpc) is 1.97. The van der Waals surface area contributed by atoms with Crippen LogP contribution >= 0.6 is 0 Å². The maximum absolute atomic E-state index is 12.2. The van der Waals surface area contributed by atoms with Crippen LogP contribution in [0.15, 0.2) is 0 Å². The lowest BCUT2D eigenvalue weighted by molar-refractivity contribution is -0.140. The zero-order valence-corrected chi connectivity index (χ0v) is 7.10. The molecule has 66 valence electrons. The lowest BCUT2D eigenvalue weighted by Gasteiger charge is -2.00. The number of methoxy groups -OCH3 is 1. The van der Waals surface area contributed by atoms with Gasteiger partial charge in [-0.2, -0.15) is 0 Å². The highest BCUT2D eigenvalue weighted by molar-refractivity contribution is 5.68. The highest BCUT2D eigenvalue weighted by Crippen LogP contribution is 2.05. The first-order valence-corrected chi connectivity index (χ1v) is 3.87. The van der Waals surface area contributed by atoms with Gasteiger partial charge in [0.15, 0.2) is 0 Å². The van der Waals surface area contributed by atoms with E-state index >= 15 is 0 Å². The lowest BCUT2D eigenvalue weighted by Crippen LogP contribution is -2.00. The molecule has 0 aliphatic rings. The number of hydrogen-bond acceptors (Lipinski definition) is 2. The van der Waals surface area contributed by atoms with Crippen molar-refractivity contribution in [3.63, 3.8) is 0 Å². The van der Waals surface area contributed by atoms with Crippen LogP contribution in [0.2, 0.25) is 0 Å². The molecule has 0 radical (unpaired) electrons. The summed E-state index contributed by atoms with van der Waals surface area (Å²) < 4.78 is 16.6. The maximum Gasteiger partial charge on any atom is 0.305 e. The molecule has 0 aliphatic heterocycles. The largest absolute Gasteiger partial charge is 0.469 e. The second-order valence-electron chi connectivity index (χ2n) is 2.60. The van der Waals surface area contributed by atoms with Crippen LogP contribution in [-0.2, 0) is 9.53 Å². The predicted octanol–water partition coefficient (Wildman–Crippen LogP) is 2.08. The van der Waals surface area contributed by atoms with Gasteiger partial charge < -0.3 is 4.74 Å². The summed E-state index contributed by atoms with van der Waals surface area (Å²) in [5.41, 5.74) is 0. The minimum absolute atomic E-state index is 0.212. The van der Waals surface area contributed by atoms with Crippen LogP contribution in [0.5, 0.6) is 0 Å². The van der Waals surface area contributed by atoms with E-state index in [1.165, 1.54) is 14.0 Å². The minimum Gasteiger partial charge on any atom is -0.469 e. The van der Waals surface area contributed by atoms with E-state index in [4.69, 9.17) is 0 Å². The Morgan fingerprint density at radius 3 is 2.64 bits per heavy atom. The van der Waals surface area contributed by atoms with Gasteiger partial charge >= 0.3 is 5.97 Å². The first kappa shape index (κ1) is 10.4. The summed E-state index contributed by atoms with van der Waals surface area (Å²) in [7, 11) is 1.36. The van der Waals surface area contributed by atoms with Crippen molar-refractivity contribution < 1.29 is 13.9 Å². The molecule has 0 rings (SSSR count). The predicted molar refractivity (Wildman–Crippen MR) is 41.1 cm³/mol. The zero-order chi connectivity index (χ0) is 8.69. The average molecular weight is 162 g/mol. The molecule has 3 heteroatoms. The standard InChI is InChI=1S/C8H15FO2/c1-7(9)5-3-4-6-8(10)11-2/h7H,3-6H2,1-2H3. The number of unbranched alkanes of at least 4 members (excludes halogenated alkanes) is 1. The van der Waals surface area contributed by atoms with Crippen molar-refractivity contribution in [1.82, 2.24) is 0 Å². The second-order valence-corrected chi connectivity index (χ2v) is 2.60. The van der Waals surface area contributed by atoms with E-state index in [9.17, 15) is 9.18 Å². The number of rotatable bonds is 5. The van der Waals surface area contributed by atoms with E-state index in [2.05, 4.69) is 4.74 Å². The molecule has 0 fully saturated rings. The first-order valence-electron chi connectivity index (χ1n) is 3.87. The quantitative estimate of drug-likeness (QED) is 0.457. The number of hydrogen-bond donors (Lipinski definition) is 0. The van der Waals surface area contributed by atoms with Gasteiger partial charge in [0, 0.05) is 6.42 Å². The van der Waals surface area contributed by atoms with Gasteiger partial charge in [-0.25, -0.2) is 4.39 Å². The van der Waals surface area contributed by atoms with Gasteiger partial charge in [-0.15, -0.1) is 0 Å². The third-order valence-corrected chi connectivity index (χ3v) is 1.46. The molecule has 0 aromatic rings. The van der Waals surface area contributed by atoms with E-state index in [0.717, 1.165) is 12.8 Å². The molecule has 0 saturated heterocycles. The van der Waals surface area contributed by atoms with Crippen LogP contribution in [-0.4, -0.2) is 19.3 Å². The van der Waals surface area contributed by atoms with E-state index in [1.807, 2.05) is 0 Å². The third kappa shape index (κ3) is 7.30. The SMILES string of the molecule is COC(=O)CCCCC(C)F. The van der Waals surface area contributed by atoms with Crippen molar-refractivity contribution in [3.05, 3.63) is 0 Å². The normalized spacial score (nSPS) is 12.6. The third-order valence-electron chi connectivity index (χ3n) is 1.46. The Labute approximate surface area is 66.7 Å². The summed E-state index contributed by atoms with van der Waals surface area (Å²) in [6.45, 7) is 1.53. The number of esters is 1. The van der Waals surface area contributed by atoms with Gasteiger partial charge in [-0.05, 0) is 26.2 Å². The summed E-state index contributed by atoms with van der Waals surface area (Å²) in [4.78, 5) is 10.5. The molecule has 11 heavy (non-hydrogen) atoms. The Hall–Kier alpha value is -0.600. The van der Waals surface area contributed by atoms with Crippen LogP contribution in [0.25, 0.3) is 0 Å². The van der Waals surface area contributed by atoms with Crippen molar-refractivity contribution in [2.24, 2.45) is 0 Å². The summed E-state index contributed by atoms with van der Waals surface area (Å²) in [5.74, 6) is -0.212. The van der Waals surface area contributed by atoms with Gasteiger partial charge in [-0.1, -0.05) is 0 Å². The molecule has 0 spiro atoms. The molecule has 2 nitrogen and oxygen atoms in total. The Morgan fingerprint density at radius 2 is 2.18 bits per heavy atom. The minimum atomic E-state index is -0.757. The van der Waals surface area contributed by atoms with Gasteiger partial charge in [-0.3, -0.25) is 4.79 Å². The fourth-order valence-corrected chi connectivity index (χ4v) is 0.797. The number of carbonyl (C=O) groups is 1. The Balaban J connectivity index is 3.08. The highest BCUT2D eigenvalue weighted by atomic mass is 19.1. The van der Waals surface area contributed by atoms with Crippen molar-refractivity contribution in [2.75, 3.05) is 7.11 Å². The Bertz CT molecular complexity index is 113. The fourth-order valence-electron chi connectivity index (χ4n) is 0.797. The van der Waals surface area contributed by atoms with Crippen LogP contribution in [0.4, 0.5) is 4.39 Å². The number of ether oxygens (including phenoxy) is 1. The molecule has 0 N–H and O–H groups in total. The Morgan fingerprint density at radius 1 is 1.55 bits per heavy atom. The van der Waals surface area contributed by atoms with Gasteiger partial charge in [0.1, 0.15) is 0 Å². The molecule has 0 amide bonds. The molecule has 0 bridgehead atoms. The molecule has 0 aliphatic carbocycles. The van der Waals surface area contributed by atoms with Gasteiger partial charge in [0.2, 0.25) is 0 Å². The monoisotopic (exact) mass is 162 g/mol. The molecular formula is C8H15FO2. The van der Waals surface area contributed by atoms with Crippen molar-refractivity contribution >= 4 is 5.97 Å². The molecule has 0 aromatic heterocycles. The topological polar surface area (TPSA) is 26.3 Å². The smallest absolute Gasteiger partial charge is 0.305 e. The molecule has 1 atom stereocenters. The summed E-state index contributed by atoms with van der Waals surface area (Å²) in [6.07, 6.45) is 1.67. The zero-order valence-electron chi connectivity index (χ0n) is 7.10. The highest BCUT2D eigenvalue weighted by Gasteiger charge is 2.01. The lowest BCUT2D eigenvalue weighted by atomic mass is 10.1. The van der Waals surface area contributed by atoms with Gasteiger partial charge in [0.05, 0.1) is 13.3 Å². The molecular weight excluding hydrogens is 147 g/mol. The summed E-state index contributed by atoms with van der Waals surface area (Å²) in [6, 6.07) is 0. The van der Waals surface area contributed by atoms with Gasteiger partial charge in [0.25, 0.3) is 0 Å². The second kappa shape index (κ2) is 6.13. The van der Waals surface area contributed by atoms with E-state index in [1.54, 1.807) is 0 Å². The van der Waals surface area contributed by atoms with E-state index < -0.39 is 6.17 Å². The molecule has 0 aromatic carbocycles. The van der Waals surface area contributed by atoms with Crippen molar-refractivity contribution in [2.45, 2.75) is 38.8 Å². The molecule has 1 unspecified atom stereocenters.